The molecule has 1 aromatic rings. The number of hydrogen-bond donors (Lipinski definition) is 1. The molecule has 1 N–H and O–H groups in total. The lowest BCUT2D eigenvalue weighted by Crippen LogP contribution is -2.42. The van der Waals surface area contributed by atoms with E-state index in [0.29, 0.717) is 5.92 Å². The zero-order valence-corrected chi connectivity index (χ0v) is 14.2. The second-order valence-electron chi connectivity index (χ2n) is 6.37. The summed E-state index contributed by atoms with van der Waals surface area (Å²) in [5.41, 5.74) is 2.69. The van der Waals surface area contributed by atoms with Gasteiger partial charge in [-0.25, -0.2) is 0 Å². The molecule has 126 valence electrons. The van der Waals surface area contributed by atoms with E-state index >= 15 is 0 Å². The van der Waals surface area contributed by atoms with Crippen LogP contribution in [-0.2, 0) is 17.6 Å². The summed E-state index contributed by atoms with van der Waals surface area (Å²) < 4.78 is 11.0. The number of nitrogens with one attached hydrogen (secondary N) is 1. The fraction of sp³-hybridized carbons (Fsp3) is 0.611. The lowest BCUT2D eigenvalue weighted by Gasteiger charge is -2.24. The molecule has 2 heterocycles. The van der Waals surface area contributed by atoms with Crippen molar-refractivity contribution >= 4 is 5.96 Å². The smallest absolute Gasteiger partial charge is 0.193 e. The third-order valence-electron chi connectivity index (χ3n) is 4.58. The van der Waals surface area contributed by atoms with E-state index in [4.69, 9.17) is 9.47 Å². The maximum atomic E-state index is 5.56. The Morgan fingerprint density at radius 1 is 1.39 bits per heavy atom. The van der Waals surface area contributed by atoms with Crippen LogP contribution in [0.5, 0.6) is 5.75 Å². The van der Waals surface area contributed by atoms with Crippen LogP contribution in [0.1, 0.15) is 17.5 Å². The Morgan fingerprint density at radius 3 is 3.09 bits per heavy atom. The Labute approximate surface area is 138 Å². The van der Waals surface area contributed by atoms with Crippen LogP contribution in [0, 0.1) is 5.92 Å². The first-order valence-electron chi connectivity index (χ1n) is 8.50. The topological polar surface area (TPSA) is 46.1 Å². The van der Waals surface area contributed by atoms with E-state index in [-0.39, 0.29) is 0 Å². The van der Waals surface area contributed by atoms with E-state index in [9.17, 15) is 0 Å². The lowest BCUT2D eigenvalue weighted by molar-refractivity contribution is 0.181. The van der Waals surface area contributed by atoms with Gasteiger partial charge in [0.2, 0.25) is 0 Å². The molecule has 0 spiro atoms. The van der Waals surface area contributed by atoms with Crippen molar-refractivity contribution in [2.24, 2.45) is 10.9 Å². The third kappa shape index (κ3) is 4.16. The van der Waals surface area contributed by atoms with Crippen molar-refractivity contribution in [2.45, 2.75) is 19.3 Å². The Hall–Kier alpha value is -1.75. The molecule has 2 aliphatic heterocycles. The third-order valence-corrected chi connectivity index (χ3v) is 4.58. The molecule has 2 aliphatic rings. The summed E-state index contributed by atoms with van der Waals surface area (Å²) in [5, 5.41) is 3.46. The molecule has 0 aromatic heterocycles. The second kappa shape index (κ2) is 7.68. The van der Waals surface area contributed by atoms with Gasteiger partial charge in [0.05, 0.1) is 13.2 Å². The highest BCUT2D eigenvalue weighted by molar-refractivity contribution is 5.79. The number of nitrogens with zero attached hydrogens (tertiary/aromatic N) is 2. The van der Waals surface area contributed by atoms with Crippen molar-refractivity contribution in [1.82, 2.24) is 10.2 Å². The summed E-state index contributed by atoms with van der Waals surface area (Å²) in [6.45, 7) is 4.47. The minimum absolute atomic E-state index is 0.621. The van der Waals surface area contributed by atoms with Crippen molar-refractivity contribution < 1.29 is 9.47 Å². The minimum atomic E-state index is 0.621. The number of benzene rings is 1. The van der Waals surface area contributed by atoms with E-state index in [1.165, 1.54) is 11.1 Å². The molecular formula is C18H27N3O2. The van der Waals surface area contributed by atoms with E-state index < -0.39 is 0 Å². The molecule has 1 saturated heterocycles. The van der Waals surface area contributed by atoms with Crippen LogP contribution in [0.25, 0.3) is 0 Å². The molecule has 5 heteroatoms. The predicted molar refractivity (Wildman–Crippen MR) is 92.3 cm³/mol. The van der Waals surface area contributed by atoms with Crippen LogP contribution in [0.2, 0.25) is 0 Å². The zero-order chi connectivity index (χ0) is 16.1. The molecule has 0 saturated carbocycles. The molecule has 0 amide bonds. The van der Waals surface area contributed by atoms with E-state index in [2.05, 4.69) is 40.5 Å². The van der Waals surface area contributed by atoms with E-state index in [1.807, 2.05) is 7.05 Å². The monoisotopic (exact) mass is 317 g/mol. The fourth-order valence-corrected chi connectivity index (χ4v) is 3.30. The average molecular weight is 317 g/mol. The Balaban J connectivity index is 1.46. The van der Waals surface area contributed by atoms with Crippen molar-refractivity contribution in [1.29, 1.82) is 0 Å². The van der Waals surface area contributed by atoms with Crippen molar-refractivity contribution in [3.05, 3.63) is 29.3 Å². The minimum Gasteiger partial charge on any atom is -0.493 e. The molecule has 1 unspecified atom stereocenters. The van der Waals surface area contributed by atoms with Gasteiger partial charge < -0.3 is 19.7 Å². The van der Waals surface area contributed by atoms with Gasteiger partial charge in [-0.1, -0.05) is 12.1 Å². The molecule has 1 fully saturated rings. The van der Waals surface area contributed by atoms with Gasteiger partial charge in [0, 0.05) is 46.1 Å². The SMILES string of the molecule is CN=C(NCCc1ccc2c(c1)CCO2)N(C)CC1CCOC1. The highest BCUT2D eigenvalue weighted by Gasteiger charge is 2.19. The second-order valence-corrected chi connectivity index (χ2v) is 6.37. The Morgan fingerprint density at radius 2 is 2.30 bits per heavy atom. The molecule has 1 atom stereocenters. The van der Waals surface area contributed by atoms with Crippen molar-refractivity contribution in [2.75, 3.05) is 47.0 Å². The van der Waals surface area contributed by atoms with E-state index in [0.717, 1.165) is 63.9 Å². The molecule has 23 heavy (non-hydrogen) atoms. The van der Waals surface area contributed by atoms with Gasteiger partial charge in [-0.05, 0) is 30.0 Å². The van der Waals surface area contributed by atoms with Gasteiger partial charge >= 0.3 is 0 Å². The number of rotatable bonds is 5. The maximum absolute atomic E-state index is 5.56. The van der Waals surface area contributed by atoms with Crippen LogP contribution < -0.4 is 10.1 Å². The molecule has 5 nitrogen and oxygen atoms in total. The predicted octanol–water partition coefficient (Wildman–Crippen LogP) is 1.71. The summed E-state index contributed by atoms with van der Waals surface area (Å²) in [4.78, 5) is 6.59. The quantitative estimate of drug-likeness (QED) is 0.663. The Kier molecular flexibility index (Phi) is 5.39. The molecule has 1 aromatic carbocycles. The van der Waals surface area contributed by atoms with Crippen LogP contribution in [0.15, 0.2) is 23.2 Å². The molecule has 0 radical (unpaired) electrons. The van der Waals surface area contributed by atoms with Gasteiger partial charge in [0.25, 0.3) is 0 Å². The van der Waals surface area contributed by atoms with Gasteiger partial charge in [0.15, 0.2) is 5.96 Å². The summed E-state index contributed by atoms with van der Waals surface area (Å²) in [7, 11) is 3.94. The van der Waals surface area contributed by atoms with E-state index in [1.54, 1.807) is 0 Å². The number of fused-ring (bicyclic) bond motifs is 1. The van der Waals surface area contributed by atoms with Crippen LogP contribution in [0.4, 0.5) is 0 Å². The molecule has 3 rings (SSSR count). The standard InChI is InChI=1S/C18H27N3O2/c1-19-18(21(2)12-15-6-9-22-13-15)20-8-5-14-3-4-17-16(11-14)7-10-23-17/h3-4,11,15H,5-10,12-13H2,1-2H3,(H,19,20). The number of aliphatic imine (C=N–C) groups is 1. The first-order chi connectivity index (χ1) is 11.3. The normalized spacial score (nSPS) is 20.3. The van der Waals surface area contributed by atoms with Crippen molar-refractivity contribution in [3.8, 4) is 5.75 Å². The summed E-state index contributed by atoms with van der Waals surface area (Å²) in [6.07, 6.45) is 3.18. The zero-order valence-electron chi connectivity index (χ0n) is 14.2. The lowest BCUT2D eigenvalue weighted by atomic mass is 10.1. The molecule has 0 aliphatic carbocycles. The van der Waals surface area contributed by atoms with Gasteiger partial charge in [-0.2, -0.15) is 0 Å². The summed E-state index contributed by atoms with van der Waals surface area (Å²) in [5.74, 6) is 2.63. The number of hydrogen-bond acceptors (Lipinski definition) is 3. The number of ether oxygens (including phenoxy) is 2. The van der Waals surface area contributed by atoms with Crippen molar-refractivity contribution in [3.63, 3.8) is 0 Å². The largest absolute Gasteiger partial charge is 0.493 e. The van der Waals surface area contributed by atoms with Gasteiger partial charge in [-0.15, -0.1) is 0 Å². The fourth-order valence-electron chi connectivity index (χ4n) is 3.30. The first-order valence-corrected chi connectivity index (χ1v) is 8.50. The molecular weight excluding hydrogens is 290 g/mol. The van der Waals surface area contributed by atoms with Crippen LogP contribution >= 0.6 is 0 Å². The maximum Gasteiger partial charge on any atom is 0.193 e. The summed E-state index contributed by atoms with van der Waals surface area (Å²) in [6, 6.07) is 6.53. The highest BCUT2D eigenvalue weighted by Crippen LogP contribution is 2.25. The Bertz CT molecular complexity index is 553. The molecule has 0 bridgehead atoms. The first kappa shape index (κ1) is 16.1. The van der Waals surface area contributed by atoms with Gasteiger partial charge in [0.1, 0.15) is 5.75 Å². The average Bonchev–Trinajstić information content (AvgIpc) is 3.22. The number of guanidine groups is 1. The van der Waals surface area contributed by atoms with Crippen LogP contribution in [0.3, 0.4) is 0 Å². The van der Waals surface area contributed by atoms with Gasteiger partial charge in [-0.3, -0.25) is 4.99 Å². The summed E-state index contributed by atoms with van der Waals surface area (Å²) >= 11 is 0. The van der Waals surface area contributed by atoms with Crippen LogP contribution in [-0.4, -0.2) is 57.9 Å². The highest BCUT2D eigenvalue weighted by atomic mass is 16.5.